The van der Waals surface area contributed by atoms with Crippen LogP contribution in [0, 0.1) is 5.82 Å². The molecule has 2 N–H and O–H groups in total. The summed E-state index contributed by atoms with van der Waals surface area (Å²) in [5.74, 6) is -0.390. The number of benzene rings is 1. The molecule has 1 aromatic carbocycles. The topological polar surface area (TPSA) is 38.9 Å². The van der Waals surface area contributed by atoms with Crippen LogP contribution in [-0.2, 0) is 0 Å². The van der Waals surface area contributed by atoms with E-state index in [2.05, 4.69) is 4.98 Å². The Labute approximate surface area is 112 Å². The molecule has 6 heteroatoms. The van der Waals surface area contributed by atoms with Gasteiger partial charge < -0.3 is 5.73 Å². The lowest BCUT2D eigenvalue weighted by atomic mass is 10.1. The standard InChI is InChI=1S/C11H6Cl3FN2/c12-7-1-2-8(13)10(14)9(7)6-3-5(15)4-17-11(6)16/h1-4H,(H2,16,17). The van der Waals surface area contributed by atoms with Gasteiger partial charge in [0, 0.05) is 11.1 Å². The van der Waals surface area contributed by atoms with Crippen LogP contribution >= 0.6 is 34.8 Å². The second-order valence-electron chi connectivity index (χ2n) is 3.30. The quantitative estimate of drug-likeness (QED) is 0.789. The Kier molecular flexibility index (Phi) is 3.43. The number of nitrogens with zero attached hydrogens (tertiary/aromatic N) is 1. The smallest absolute Gasteiger partial charge is 0.142 e. The molecule has 1 heterocycles. The molecule has 0 amide bonds. The number of rotatable bonds is 1. The Morgan fingerprint density at radius 1 is 1.12 bits per heavy atom. The Morgan fingerprint density at radius 2 is 1.76 bits per heavy atom. The van der Waals surface area contributed by atoms with Crippen molar-refractivity contribution in [1.29, 1.82) is 0 Å². The molecule has 0 fully saturated rings. The van der Waals surface area contributed by atoms with Crippen molar-refractivity contribution in [3.05, 3.63) is 45.3 Å². The average molecular weight is 292 g/mol. The van der Waals surface area contributed by atoms with Gasteiger partial charge in [-0.05, 0) is 18.2 Å². The maximum Gasteiger partial charge on any atom is 0.142 e. The maximum atomic E-state index is 13.2. The van der Waals surface area contributed by atoms with Gasteiger partial charge in [-0.15, -0.1) is 0 Å². The Balaban J connectivity index is 2.76. The van der Waals surface area contributed by atoms with Crippen LogP contribution in [0.15, 0.2) is 24.4 Å². The van der Waals surface area contributed by atoms with Crippen molar-refractivity contribution >= 4 is 40.6 Å². The molecule has 0 bridgehead atoms. The van der Waals surface area contributed by atoms with Gasteiger partial charge in [0.25, 0.3) is 0 Å². The first-order chi connectivity index (χ1) is 8.00. The predicted molar refractivity (Wildman–Crippen MR) is 69.1 cm³/mol. The first kappa shape index (κ1) is 12.4. The SMILES string of the molecule is Nc1ncc(F)cc1-c1c(Cl)ccc(Cl)c1Cl. The van der Waals surface area contributed by atoms with E-state index in [0.29, 0.717) is 21.2 Å². The summed E-state index contributed by atoms with van der Waals surface area (Å²) in [6, 6.07) is 4.33. The van der Waals surface area contributed by atoms with Crippen molar-refractivity contribution in [1.82, 2.24) is 4.98 Å². The summed E-state index contributed by atoms with van der Waals surface area (Å²) < 4.78 is 13.2. The second kappa shape index (κ2) is 4.69. The van der Waals surface area contributed by atoms with Crippen LogP contribution in [0.4, 0.5) is 10.2 Å². The third-order valence-electron chi connectivity index (χ3n) is 2.20. The van der Waals surface area contributed by atoms with Gasteiger partial charge in [0.2, 0.25) is 0 Å². The predicted octanol–water partition coefficient (Wildman–Crippen LogP) is 4.43. The minimum absolute atomic E-state index is 0.137. The first-order valence-corrected chi connectivity index (χ1v) is 5.69. The highest BCUT2D eigenvalue weighted by Gasteiger charge is 2.15. The molecule has 0 saturated carbocycles. The molecule has 0 aliphatic carbocycles. The zero-order valence-electron chi connectivity index (χ0n) is 8.35. The van der Waals surface area contributed by atoms with Crippen LogP contribution in [0.25, 0.3) is 11.1 Å². The van der Waals surface area contributed by atoms with Crippen LogP contribution in [0.3, 0.4) is 0 Å². The minimum Gasteiger partial charge on any atom is -0.383 e. The van der Waals surface area contributed by atoms with E-state index in [-0.39, 0.29) is 10.8 Å². The Morgan fingerprint density at radius 3 is 2.47 bits per heavy atom. The number of nitrogen functional groups attached to an aromatic ring is 1. The lowest BCUT2D eigenvalue weighted by molar-refractivity contribution is 0.622. The maximum absolute atomic E-state index is 13.2. The molecular weight excluding hydrogens is 285 g/mol. The van der Waals surface area contributed by atoms with Crippen molar-refractivity contribution in [3.8, 4) is 11.1 Å². The zero-order valence-corrected chi connectivity index (χ0v) is 10.6. The van der Waals surface area contributed by atoms with Gasteiger partial charge >= 0.3 is 0 Å². The van der Waals surface area contributed by atoms with Crippen molar-refractivity contribution in [2.75, 3.05) is 5.73 Å². The molecule has 0 radical (unpaired) electrons. The zero-order chi connectivity index (χ0) is 12.6. The van der Waals surface area contributed by atoms with Gasteiger partial charge in [0.1, 0.15) is 11.6 Å². The summed E-state index contributed by atoms with van der Waals surface area (Å²) >= 11 is 17.9. The Bertz CT molecular complexity index is 587. The fourth-order valence-electron chi connectivity index (χ4n) is 1.42. The third-order valence-corrected chi connectivity index (χ3v) is 3.32. The number of halogens is 4. The van der Waals surface area contributed by atoms with Gasteiger partial charge in [0.05, 0.1) is 21.3 Å². The third kappa shape index (κ3) is 2.32. The Hall–Kier alpha value is -1.03. The van der Waals surface area contributed by atoms with E-state index in [1.807, 2.05) is 0 Å². The minimum atomic E-state index is -0.527. The van der Waals surface area contributed by atoms with E-state index in [0.717, 1.165) is 6.20 Å². The van der Waals surface area contributed by atoms with Crippen LogP contribution in [0.2, 0.25) is 15.1 Å². The molecule has 0 unspecified atom stereocenters. The molecule has 2 rings (SSSR count). The van der Waals surface area contributed by atoms with Crippen molar-refractivity contribution in [2.24, 2.45) is 0 Å². The molecule has 0 aliphatic heterocycles. The van der Waals surface area contributed by atoms with Crippen LogP contribution in [0.1, 0.15) is 0 Å². The van der Waals surface area contributed by atoms with E-state index in [4.69, 9.17) is 40.5 Å². The molecule has 17 heavy (non-hydrogen) atoms. The number of anilines is 1. The number of aromatic nitrogens is 1. The highest BCUT2D eigenvalue weighted by molar-refractivity contribution is 6.46. The molecule has 1 aromatic heterocycles. The normalized spacial score (nSPS) is 10.6. The molecule has 0 atom stereocenters. The van der Waals surface area contributed by atoms with E-state index in [1.54, 1.807) is 12.1 Å². The van der Waals surface area contributed by atoms with Gasteiger partial charge in [-0.25, -0.2) is 9.37 Å². The molecule has 0 spiro atoms. The summed E-state index contributed by atoms with van der Waals surface area (Å²) in [7, 11) is 0. The molecule has 2 nitrogen and oxygen atoms in total. The number of pyridine rings is 1. The van der Waals surface area contributed by atoms with Crippen molar-refractivity contribution in [2.45, 2.75) is 0 Å². The summed E-state index contributed by atoms with van der Waals surface area (Å²) in [4.78, 5) is 3.71. The van der Waals surface area contributed by atoms with E-state index >= 15 is 0 Å². The average Bonchev–Trinajstić information content (AvgIpc) is 2.29. The van der Waals surface area contributed by atoms with E-state index in [9.17, 15) is 4.39 Å². The van der Waals surface area contributed by atoms with E-state index < -0.39 is 5.82 Å². The van der Waals surface area contributed by atoms with Crippen molar-refractivity contribution in [3.63, 3.8) is 0 Å². The summed E-state index contributed by atoms with van der Waals surface area (Å²) in [6.07, 6.45) is 1.02. The second-order valence-corrected chi connectivity index (χ2v) is 4.50. The fourth-order valence-corrected chi connectivity index (χ4v) is 2.16. The van der Waals surface area contributed by atoms with Crippen LogP contribution < -0.4 is 5.73 Å². The van der Waals surface area contributed by atoms with Gasteiger partial charge in [-0.3, -0.25) is 0 Å². The molecule has 2 aromatic rings. The summed E-state index contributed by atoms with van der Waals surface area (Å²) in [6.45, 7) is 0. The van der Waals surface area contributed by atoms with Crippen molar-refractivity contribution < 1.29 is 4.39 Å². The fraction of sp³-hybridized carbons (Fsp3) is 0. The van der Waals surface area contributed by atoms with Crippen LogP contribution in [-0.4, -0.2) is 4.98 Å². The monoisotopic (exact) mass is 290 g/mol. The lowest BCUT2D eigenvalue weighted by Gasteiger charge is -2.10. The number of hydrogen-bond acceptors (Lipinski definition) is 2. The summed E-state index contributed by atoms with van der Waals surface area (Å²) in [5.41, 5.74) is 6.37. The number of nitrogens with two attached hydrogens (primary N) is 1. The van der Waals surface area contributed by atoms with Gasteiger partial charge in [0.15, 0.2) is 0 Å². The lowest BCUT2D eigenvalue weighted by Crippen LogP contribution is -1.96. The first-order valence-electron chi connectivity index (χ1n) is 4.55. The number of hydrogen-bond donors (Lipinski definition) is 1. The molecular formula is C11H6Cl3FN2. The molecule has 88 valence electrons. The van der Waals surface area contributed by atoms with Gasteiger partial charge in [-0.2, -0.15) is 0 Å². The van der Waals surface area contributed by atoms with E-state index in [1.165, 1.54) is 6.07 Å². The highest BCUT2D eigenvalue weighted by atomic mass is 35.5. The molecule has 0 saturated heterocycles. The van der Waals surface area contributed by atoms with Crippen LogP contribution in [0.5, 0.6) is 0 Å². The highest BCUT2D eigenvalue weighted by Crippen LogP contribution is 2.40. The molecule has 0 aliphatic rings. The summed E-state index contributed by atoms with van der Waals surface area (Å²) in [5, 5.41) is 0.867. The van der Waals surface area contributed by atoms with Gasteiger partial charge in [-0.1, -0.05) is 34.8 Å². The largest absolute Gasteiger partial charge is 0.383 e.